The number of aromatic hydroxyl groups is 1. The van der Waals surface area contributed by atoms with E-state index in [4.69, 9.17) is 9.47 Å². The summed E-state index contributed by atoms with van der Waals surface area (Å²) < 4.78 is 26.8. The Morgan fingerprint density at radius 1 is 1.08 bits per heavy atom. The number of carbonyl (C=O) groups is 1. The summed E-state index contributed by atoms with van der Waals surface area (Å²) in [6, 6.07) is 15.0. The van der Waals surface area contributed by atoms with E-state index in [0.29, 0.717) is 39.7 Å². The van der Waals surface area contributed by atoms with Crippen LogP contribution in [0.15, 0.2) is 54.6 Å². The monoisotopic (exact) mass is 519 g/mol. The SMILES string of the molecule is Cc1cc(F)cc(C)c1C(=O)c1sc2cc(O)ccc2c1Oc1ccc(OCCN2CC[C@H](C)C2)cc1. The van der Waals surface area contributed by atoms with Gasteiger partial charge in [0.05, 0.1) is 0 Å². The topological polar surface area (TPSA) is 59.0 Å². The minimum atomic E-state index is -0.374. The fraction of sp³-hybridized carbons (Fsp3) is 0.300. The number of nitrogens with zero attached hydrogens (tertiary/aromatic N) is 1. The second-order valence-electron chi connectivity index (χ2n) is 9.80. The normalized spacial score (nSPS) is 15.8. The van der Waals surface area contributed by atoms with Gasteiger partial charge in [-0.25, -0.2) is 4.39 Å². The Bertz CT molecular complexity index is 1420. The lowest BCUT2D eigenvalue weighted by molar-refractivity contribution is 0.103. The molecule has 0 bridgehead atoms. The average Bonchev–Trinajstić information content (AvgIpc) is 3.42. The zero-order chi connectivity index (χ0) is 26.1. The molecule has 1 aliphatic rings. The highest BCUT2D eigenvalue weighted by atomic mass is 32.1. The summed E-state index contributed by atoms with van der Waals surface area (Å²) in [6.45, 7) is 9.52. The van der Waals surface area contributed by atoms with Gasteiger partial charge in [0.25, 0.3) is 0 Å². The van der Waals surface area contributed by atoms with Crippen LogP contribution < -0.4 is 9.47 Å². The molecular formula is C30H30FNO4S. The van der Waals surface area contributed by atoms with E-state index in [2.05, 4.69) is 11.8 Å². The minimum absolute atomic E-state index is 0.110. The smallest absolute Gasteiger partial charge is 0.207 e. The number of benzene rings is 3. The molecule has 0 saturated carbocycles. The third-order valence-corrected chi connectivity index (χ3v) is 7.92. The van der Waals surface area contributed by atoms with Crippen LogP contribution in [0.2, 0.25) is 0 Å². The molecule has 0 radical (unpaired) electrons. The van der Waals surface area contributed by atoms with E-state index in [1.807, 2.05) is 24.3 Å². The third kappa shape index (κ3) is 5.48. The number of phenolic OH excluding ortho intramolecular Hbond substituents is 1. The maximum Gasteiger partial charge on any atom is 0.207 e. The quantitative estimate of drug-likeness (QED) is 0.252. The summed E-state index contributed by atoms with van der Waals surface area (Å²) in [5.41, 5.74) is 1.59. The molecule has 0 unspecified atom stereocenters. The minimum Gasteiger partial charge on any atom is -0.508 e. The molecule has 0 aliphatic carbocycles. The van der Waals surface area contributed by atoms with E-state index in [9.17, 15) is 14.3 Å². The van der Waals surface area contributed by atoms with Gasteiger partial charge in [-0.2, -0.15) is 0 Å². The molecule has 7 heteroatoms. The van der Waals surface area contributed by atoms with Crippen molar-refractivity contribution in [2.75, 3.05) is 26.2 Å². The van der Waals surface area contributed by atoms with E-state index < -0.39 is 0 Å². The summed E-state index contributed by atoms with van der Waals surface area (Å²) in [7, 11) is 0. The molecule has 4 aromatic rings. The first kappa shape index (κ1) is 25.2. The van der Waals surface area contributed by atoms with E-state index in [0.717, 1.165) is 41.4 Å². The molecule has 2 heterocycles. The molecule has 1 saturated heterocycles. The van der Waals surface area contributed by atoms with Crippen LogP contribution in [0, 0.1) is 25.6 Å². The number of thiophene rings is 1. The summed E-state index contributed by atoms with van der Waals surface area (Å²) >= 11 is 1.25. The van der Waals surface area contributed by atoms with Gasteiger partial charge in [-0.15, -0.1) is 11.3 Å². The highest BCUT2D eigenvalue weighted by Gasteiger charge is 2.25. The van der Waals surface area contributed by atoms with Gasteiger partial charge in [0.1, 0.15) is 34.5 Å². The number of hydrogen-bond acceptors (Lipinski definition) is 6. The van der Waals surface area contributed by atoms with Crippen LogP contribution in [-0.4, -0.2) is 42.0 Å². The van der Waals surface area contributed by atoms with Crippen molar-refractivity contribution in [3.05, 3.63) is 82.0 Å². The van der Waals surface area contributed by atoms with Crippen LogP contribution in [0.5, 0.6) is 23.0 Å². The number of carbonyl (C=O) groups excluding carboxylic acids is 1. The van der Waals surface area contributed by atoms with Crippen molar-refractivity contribution in [2.24, 2.45) is 5.92 Å². The van der Waals surface area contributed by atoms with E-state index >= 15 is 0 Å². The maximum atomic E-state index is 13.9. The van der Waals surface area contributed by atoms with Gasteiger partial charge < -0.3 is 14.6 Å². The number of fused-ring (bicyclic) bond motifs is 1. The fourth-order valence-electron chi connectivity index (χ4n) is 4.94. The number of hydrogen-bond donors (Lipinski definition) is 1. The zero-order valence-electron chi connectivity index (χ0n) is 21.2. The second kappa shape index (κ2) is 10.5. The summed E-state index contributed by atoms with van der Waals surface area (Å²) in [4.78, 5) is 16.5. The van der Waals surface area contributed by atoms with E-state index in [1.165, 1.54) is 29.9 Å². The highest BCUT2D eigenvalue weighted by molar-refractivity contribution is 7.21. The molecule has 0 amide bonds. The molecule has 1 fully saturated rings. The lowest BCUT2D eigenvalue weighted by Gasteiger charge is -2.15. The predicted octanol–water partition coefficient (Wildman–Crippen LogP) is 7.11. The molecule has 1 aromatic heterocycles. The molecule has 37 heavy (non-hydrogen) atoms. The van der Waals surface area contributed by atoms with Crippen LogP contribution in [0.3, 0.4) is 0 Å². The molecule has 192 valence electrons. The molecule has 3 aromatic carbocycles. The first-order valence-corrected chi connectivity index (χ1v) is 13.3. The van der Waals surface area contributed by atoms with Crippen molar-refractivity contribution in [2.45, 2.75) is 27.2 Å². The number of ketones is 1. The van der Waals surface area contributed by atoms with Gasteiger partial charge in [-0.05, 0) is 98.5 Å². The van der Waals surface area contributed by atoms with Crippen molar-refractivity contribution in [3.8, 4) is 23.0 Å². The number of rotatable bonds is 8. The summed E-state index contributed by atoms with van der Waals surface area (Å²) in [5.74, 6) is 2.00. The third-order valence-electron chi connectivity index (χ3n) is 6.79. The van der Waals surface area contributed by atoms with Crippen LogP contribution >= 0.6 is 11.3 Å². The van der Waals surface area contributed by atoms with E-state index in [1.54, 1.807) is 32.0 Å². The van der Waals surface area contributed by atoms with Gasteiger partial charge in [0.15, 0.2) is 5.75 Å². The lowest BCUT2D eigenvalue weighted by Crippen LogP contribution is -2.25. The first-order valence-electron chi connectivity index (χ1n) is 12.5. The van der Waals surface area contributed by atoms with Crippen molar-refractivity contribution < 1.29 is 23.8 Å². The molecule has 1 atom stereocenters. The van der Waals surface area contributed by atoms with Crippen LogP contribution in [-0.2, 0) is 0 Å². The van der Waals surface area contributed by atoms with Gasteiger partial charge >= 0.3 is 0 Å². The Morgan fingerprint density at radius 2 is 1.78 bits per heavy atom. The van der Waals surface area contributed by atoms with Crippen molar-refractivity contribution in [1.82, 2.24) is 4.90 Å². The fourth-order valence-corrected chi connectivity index (χ4v) is 6.05. The number of ether oxygens (including phenoxy) is 2. The predicted molar refractivity (Wildman–Crippen MR) is 145 cm³/mol. The summed E-state index contributed by atoms with van der Waals surface area (Å²) in [5, 5.41) is 10.7. The Hall–Kier alpha value is -3.42. The summed E-state index contributed by atoms with van der Waals surface area (Å²) in [6.07, 6.45) is 1.24. The Kier molecular flexibility index (Phi) is 7.17. The molecular weight excluding hydrogens is 489 g/mol. The zero-order valence-corrected chi connectivity index (χ0v) is 22.0. The van der Waals surface area contributed by atoms with Crippen molar-refractivity contribution >= 4 is 27.2 Å². The van der Waals surface area contributed by atoms with Crippen LogP contribution in [0.1, 0.15) is 39.7 Å². The van der Waals surface area contributed by atoms with Gasteiger partial charge in [0.2, 0.25) is 5.78 Å². The Balaban J connectivity index is 1.39. The van der Waals surface area contributed by atoms with Crippen molar-refractivity contribution in [1.29, 1.82) is 0 Å². The average molecular weight is 520 g/mol. The second-order valence-corrected chi connectivity index (χ2v) is 10.9. The molecule has 5 rings (SSSR count). The Labute approximate surface area is 220 Å². The van der Waals surface area contributed by atoms with Crippen LogP contribution in [0.25, 0.3) is 10.1 Å². The molecule has 5 nitrogen and oxygen atoms in total. The first-order chi connectivity index (χ1) is 17.8. The molecule has 1 aliphatic heterocycles. The highest BCUT2D eigenvalue weighted by Crippen LogP contribution is 2.43. The van der Waals surface area contributed by atoms with Gasteiger partial charge in [-0.3, -0.25) is 9.69 Å². The standard InChI is InChI=1S/C30H30FNO4S/c1-18-10-11-32(17-18)12-13-35-23-5-7-24(8-6-23)36-29-25-9-4-22(33)16-26(25)37-30(29)28(34)27-19(2)14-21(31)15-20(27)3/h4-9,14-16,18,33H,10-13,17H2,1-3H3/t18-/m0/s1. The number of likely N-dealkylation sites (tertiary alicyclic amines) is 1. The van der Waals surface area contributed by atoms with E-state index in [-0.39, 0.29) is 17.3 Å². The maximum absolute atomic E-state index is 13.9. The largest absolute Gasteiger partial charge is 0.508 e. The van der Waals surface area contributed by atoms with Crippen molar-refractivity contribution in [3.63, 3.8) is 0 Å². The molecule has 0 spiro atoms. The number of phenols is 1. The van der Waals surface area contributed by atoms with Gasteiger partial charge in [0, 0.05) is 28.7 Å². The Morgan fingerprint density at radius 3 is 2.46 bits per heavy atom. The van der Waals surface area contributed by atoms with Gasteiger partial charge in [-0.1, -0.05) is 6.92 Å². The van der Waals surface area contributed by atoms with Crippen LogP contribution in [0.4, 0.5) is 4.39 Å². The number of halogens is 1. The number of aryl methyl sites for hydroxylation is 2. The lowest BCUT2D eigenvalue weighted by atomic mass is 9.97. The molecule has 1 N–H and O–H groups in total.